The van der Waals surface area contributed by atoms with Gasteiger partial charge in [0.2, 0.25) is 0 Å². The van der Waals surface area contributed by atoms with Crippen molar-refractivity contribution in [1.29, 1.82) is 0 Å². The maximum absolute atomic E-state index is 13.7. The molecule has 1 aliphatic carbocycles. The predicted molar refractivity (Wildman–Crippen MR) is 72.6 cm³/mol. The molecule has 1 aliphatic rings. The van der Waals surface area contributed by atoms with E-state index in [1.165, 1.54) is 25.3 Å². The molecule has 0 bridgehead atoms. The molecule has 3 heteroatoms. The van der Waals surface area contributed by atoms with Crippen molar-refractivity contribution in [3.05, 3.63) is 24.0 Å². The molecule has 0 heterocycles. The molecule has 0 radical (unpaired) electrons. The SMILES string of the molecule is COc1ccc(F)c(NC2CCCC(C)CC2)c1. The Hall–Kier alpha value is -1.25. The minimum absolute atomic E-state index is 0.201. The van der Waals surface area contributed by atoms with Crippen LogP contribution in [-0.4, -0.2) is 13.2 Å². The Balaban J connectivity index is 2.03. The van der Waals surface area contributed by atoms with Crippen LogP contribution in [0.15, 0.2) is 18.2 Å². The van der Waals surface area contributed by atoms with Crippen LogP contribution >= 0.6 is 0 Å². The van der Waals surface area contributed by atoms with Gasteiger partial charge < -0.3 is 10.1 Å². The van der Waals surface area contributed by atoms with Crippen molar-refractivity contribution in [3.63, 3.8) is 0 Å². The number of rotatable bonds is 3. The van der Waals surface area contributed by atoms with Crippen molar-refractivity contribution in [2.75, 3.05) is 12.4 Å². The summed E-state index contributed by atoms with van der Waals surface area (Å²) in [5.74, 6) is 1.29. The van der Waals surface area contributed by atoms with E-state index in [-0.39, 0.29) is 5.82 Å². The van der Waals surface area contributed by atoms with Gasteiger partial charge in [0, 0.05) is 12.1 Å². The summed E-state index contributed by atoms with van der Waals surface area (Å²) in [6.45, 7) is 2.30. The molecule has 0 saturated heterocycles. The van der Waals surface area contributed by atoms with E-state index >= 15 is 0 Å². The lowest BCUT2D eigenvalue weighted by atomic mass is 10.0. The Bertz CT molecular complexity index is 394. The number of hydrogen-bond acceptors (Lipinski definition) is 2. The van der Waals surface area contributed by atoms with Gasteiger partial charge in [-0.05, 0) is 37.3 Å². The normalized spacial score (nSPS) is 24.4. The first-order valence-electron chi connectivity index (χ1n) is 6.79. The van der Waals surface area contributed by atoms with Crippen LogP contribution < -0.4 is 10.1 Å². The molecule has 2 nitrogen and oxygen atoms in total. The molecule has 0 spiro atoms. The topological polar surface area (TPSA) is 21.3 Å². The largest absolute Gasteiger partial charge is 0.497 e. The second-order valence-corrected chi connectivity index (χ2v) is 5.30. The maximum Gasteiger partial charge on any atom is 0.146 e. The lowest BCUT2D eigenvalue weighted by molar-refractivity contribution is 0.414. The van der Waals surface area contributed by atoms with Gasteiger partial charge in [-0.1, -0.05) is 19.8 Å². The van der Waals surface area contributed by atoms with E-state index in [1.807, 2.05) is 0 Å². The molecule has 0 aliphatic heterocycles. The molecule has 1 fully saturated rings. The number of benzene rings is 1. The van der Waals surface area contributed by atoms with Crippen LogP contribution in [0.5, 0.6) is 5.75 Å². The van der Waals surface area contributed by atoms with Crippen LogP contribution in [0.2, 0.25) is 0 Å². The quantitative estimate of drug-likeness (QED) is 0.812. The molecule has 2 rings (SSSR count). The second kappa shape index (κ2) is 6.07. The Kier molecular flexibility index (Phi) is 4.45. The molecule has 0 amide bonds. The minimum Gasteiger partial charge on any atom is -0.497 e. The summed E-state index contributed by atoms with van der Waals surface area (Å²) in [6.07, 6.45) is 5.99. The summed E-state index contributed by atoms with van der Waals surface area (Å²) in [7, 11) is 1.60. The van der Waals surface area contributed by atoms with E-state index in [9.17, 15) is 4.39 Å². The van der Waals surface area contributed by atoms with Crippen molar-refractivity contribution in [2.45, 2.75) is 45.1 Å². The van der Waals surface area contributed by atoms with Gasteiger partial charge in [0.1, 0.15) is 11.6 Å². The third-order valence-electron chi connectivity index (χ3n) is 3.79. The number of anilines is 1. The van der Waals surface area contributed by atoms with Crippen LogP contribution in [0.3, 0.4) is 0 Å². The maximum atomic E-state index is 13.7. The van der Waals surface area contributed by atoms with Crippen molar-refractivity contribution in [3.8, 4) is 5.75 Å². The van der Waals surface area contributed by atoms with Gasteiger partial charge in [0.25, 0.3) is 0 Å². The van der Waals surface area contributed by atoms with Crippen molar-refractivity contribution < 1.29 is 9.13 Å². The average molecular weight is 251 g/mol. The molecule has 1 aromatic carbocycles. The van der Waals surface area contributed by atoms with Gasteiger partial charge in [-0.2, -0.15) is 0 Å². The first kappa shape index (κ1) is 13.2. The Morgan fingerprint density at radius 2 is 2.06 bits per heavy atom. The fourth-order valence-corrected chi connectivity index (χ4v) is 2.59. The lowest BCUT2D eigenvalue weighted by Crippen LogP contribution is -2.19. The summed E-state index contributed by atoms with van der Waals surface area (Å²) >= 11 is 0. The summed E-state index contributed by atoms with van der Waals surface area (Å²) in [6, 6.07) is 5.23. The zero-order chi connectivity index (χ0) is 13.0. The molecule has 1 aromatic rings. The molecule has 2 unspecified atom stereocenters. The molecule has 0 aromatic heterocycles. The van der Waals surface area contributed by atoms with Crippen molar-refractivity contribution in [2.24, 2.45) is 5.92 Å². The predicted octanol–water partition coefficient (Wildman–Crippen LogP) is 4.22. The molecule has 1 saturated carbocycles. The van der Waals surface area contributed by atoms with Crippen LogP contribution in [-0.2, 0) is 0 Å². The van der Waals surface area contributed by atoms with Crippen LogP contribution in [0.1, 0.15) is 39.0 Å². The fourth-order valence-electron chi connectivity index (χ4n) is 2.59. The van der Waals surface area contributed by atoms with Gasteiger partial charge in [0.05, 0.1) is 12.8 Å². The van der Waals surface area contributed by atoms with Crippen LogP contribution in [0.4, 0.5) is 10.1 Å². The van der Waals surface area contributed by atoms with Crippen molar-refractivity contribution in [1.82, 2.24) is 0 Å². The van der Waals surface area contributed by atoms with E-state index in [2.05, 4.69) is 12.2 Å². The standard InChI is InChI=1S/C15H22FNO/c1-11-4-3-5-12(7-6-11)17-15-10-13(18-2)8-9-14(15)16/h8-12,17H,3-7H2,1-2H3. The highest BCUT2D eigenvalue weighted by Gasteiger charge is 2.17. The number of nitrogens with one attached hydrogen (secondary N) is 1. The number of ether oxygens (including phenoxy) is 1. The van der Waals surface area contributed by atoms with Crippen molar-refractivity contribution >= 4 is 5.69 Å². The highest BCUT2D eigenvalue weighted by molar-refractivity contribution is 5.50. The van der Waals surface area contributed by atoms with E-state index in [0.29, 0.717) is 17.5 Å². The van der Waals surface area contributed by atoms with Gasteiger partial charge in [-0.25, -0.2) is 4.39 Å². The second-order valence-electron chi connectivity index (χ2n) is 5.30. The average Bonchev–Trinajstić information content (AvgIpc) is 2.57. The zero-order valence-electron chi connectivity index (χ0n) is 11.2. The molecule has 100 valence electrons. The summed E-state index contributed by atoms with van der Waals surface area (Å²) < 4.78 is 18.9. The molecular weight excluding hydrogens is 229 g/mol. The van der Waals surface area contributed by atoms with Crippen LogP contribution in [0, 0.1) is 11.7 Å². The molecule has 1 N–H and O–H groups in total. The number of methoxy groups -OCH3 is 1. The zero-order valence-corrected chi connectivity index (χ0v) is 11.2. The smallest absolute Gasteiger partial charge is 0.146 e. The van der Waals surface area contributed by atoms with Gasteiger partial charge in [0.15, 0.2) is 0 Å². The monoisotopic (exact) mass is 251 g/mol. The number of halogens is 1. The van der Waals surface area contributed by atoms with Gasteiger partial charge in [-0.3, -0.25) is 0 Å². The fraction of sp³-hybridized carbons (Fsp3) is 0.600. The summed E-state index contributed by atoms with van der Waals surface area (Å²) in [4.78, 5) is 0. The highest BCUT2D eigenvalue weighted by atomic mass is 19.1. The Labute approximate surface area is 109 Å². The van der Waals surface area contributed by atoms with E-state index in [0.717, 1.165) is 18.8 Å². The third-order valence-corrected chi connectivity index (χ3v) is 3.79. The summed E-state index contributed by atoms with van der Waals surface area (Å²) in [5.41, 5.74) is 0.564. The summed E-state index contributed by atoms with van der Waals surface area (Å²) in [5, 5.41) is 3.33. The molecule has 18 heavy (non-hydrogen) atoms. The van der Waals surface area contributed by atoms with Gasteiger partial charge in [-0.15, -0.1) is 0 Å². The van der Waals surface area contributed by atoms with Crippen LogP contribution in [0.25, 0.3) is 0 Å². The minimum atomic E-state index is -0.201. The Morgan fingerprint density at radius 3 is 2.83 bits per heavy atom. The third kappa shape index (κ3) is 3.37. The first-order chi connectivity index (χ1) is 8.69. The van der Waals surface area contributed by atoms with E-state index in [4.69, 9.17) is 4.74 Å². The molecule has 2 atom stereocenters. The van der Waals surface area contributed by atoms with Gasteiger partial charge >= 0.3 is 0 Å². The molecular formula is C15H22FNO. The van der Waals surface area contributed by atoms with E-state index < -0.39 is 0 Å². The first-order valence-corrected chi connectivity index (χ1v) is 6.79. The Morgan fingerprint density at radius 1 is 1.22 bits per heavy atom. The van der Waals surface area contributed by atoms with E-state index in [1.54, 1.807) is 19.2 Å². The number of hydrogen-bond donors (Lipinski definition) is 1. The lowest BCUT2D eigenvalue weighted by Gasteiger charge is -2.18. The highest BCUT2D eigenvalue weighted by Crippen LogP contribution is 2.27.